The average Bonchev–Trinajstić information content (AvgIpc) is 3.22. The number of unbranched alkanes of at least 4 members (excludes halogenated alkanes) is 1. The van der Waals surface area contributed by atoms with Crippen LogP contribution in [0.3, 0.4) is 0 Å². The summed E-state index contributed by atoms with van der Waals surface area (Å²) in [6, 6.07) is 14.9. The number of benzene rings is 2. The van der Waals surface area contributed by atoms with E-state index in [-0.39, 0.29) is 40.3 Å². The predicted molar refractivity (Wildman–Crippen MR) is 153 cm³/mol. The number of nitrogens with zero attached hydrogens (tertiary/aromatic N) is 1. The Morgan fingerprint density at radius 1 is 1.11 bits per heavy atom. The molecule has 0 atom stereocenters. The fourth-order valence-corrected chi connectivity index (χ4v) is 6.67. The van der Waals surface area contributed by atoms with Gasteiger partial charge in [0.1, 0.15) is 4.21 Å². The van der Waals surface area contributed by atoms with E-state index in [0.717, 1.165) is 34.6 Å². The standard InChI is InChI=1S/C29H36N2O5S2/c1-6-7-15-36-28(33)27-25(16-19(2)3)37-29(38(30,34)35)26(27)23-10-8-9-22(17-23)18-31(21(5)32)24-13-11-20(4)12-14-24/h8-14,17,19H,6-7,15-16,18H2,1-5H3,(H2,30,34,35). The lowest BCUT2D eigenvalue weighted by Gasteiger charge is -2.22. The molecule has 3 aromatic rings. The van der Waals surface area contributed by atoms with E-state index in [1.165, 1.54) is 6.92 Å². The molecule has 0 unspecified atom stereocenters. The van der Waals surface area contributed by atoms with E-state index < -0.39 is 16.0 Å². The second kappa shape index (κ2) is 12.7. The lowest BCUT2D eigenvalue weighted by molar-refractivity contribution is -0.116. The summed E-state index contributed by atoms with van der Waals surface area (Å²) in [4.78, 5) is 28.1. The van der Waals surface area contributed by atoms with E-state index in [4.69, 9.17) is 9.88 Å². The fourth-order valence-electron chi connectivity index (χ4n) is 4.15. The first-order valence-electron chi connectivity index (χ1n) is 12.7. The molecule has 204 valence electrons. The highest BCUT2D eigenvalue weighted by molar-refractivity contribution is 7.91. The Hall–Kier alpha value is -3.01. The molecule has 3 rings (SSSR count). The Bertz CT molecular complexity index is 1390. The molecule has 0 aliphatic rings. The molecule has 1 amide bonds. The number of hydrogen-bond acceptors (Lipinski definition) is 6. The van der Waals surface area contributed by atoms with Crippen LogP contribution in [0.25, 0.3) is 11.1 Å². The quantitative estimate of drug-likeness (QED) is 0.228. The van der Waals surface area contributed by atoms with Gasteiger partial charge in [-0.15, -0.1) is 11.3 Å². The Morgan fingerprint density at radius 3 is 2.37 bits per heavy atom. The third-order valence-electron chi connectivity index (χ3n) is 6.02. The molecular formula is C29H36N2O5S2. The summed E-state index contributed by atoms with van der Waals surface area (Å²) in [6.45, 7) is 10.0. The molecule has 38 heavy (non-hydrogen) atoms. The fraction of sp³-hybridized carbons (Fsp3) is 0.379. The Kier molecular flexibility index (Phi) is 9.87. The van der Waals surface area contributed by atoms with Crippen LogP contribution >= 0.6 is 11.3 Å². The molecule has 0 saturated heterocycles. The first-order valence-corrected chi connectivity index (χ1v) is 15.1. The van der Waals surface area contributed by atoms with E-state index >= 15 is 0 Å². The molecule has 0 aliphatic heterocycles. The largest absolute Gasteiger partial charge is 0.462 e. The summed E-state index contributed by atoms with van der Waals surface area (Å²) >= 11 is 1.03. The van der Waals surface area contributed by atoms with Crippen molar-refractivity contribution >= 4 is 38.9 Å². The van der Waals surface area contributed by atoms with Crippen LogP contribution in [0.15, 0.2) is 52.7 Å². The summed E-state index contributed by atoms with van der Waals surface area (Å²) in [5.41, 5.74) is 3.67. The van der Waals surface area contributed by atoms with Crippen molar-refractivity contribution in [2.75, 3.05) is 11.5 Å². The minimum absolute atomic E-state index is 0.0605. The Morgan fingerprint density at radius 2 is 1.79 bits per heavy atom. The van der Waals surface area contributed by atoms with Crippen molar-refractivity contribution < 1.29 is 22.7 Å². The van der Waals surface area contributed by atoms with Crippen LogP contribution in [0, 0.1) is 12.8 Å². The zero-order valence-corrected chi connectivity index (χ0v) is 24.2. The smallest absolute Gasteiger partial charge is 0.339 e. The molecule has 2 aromatic carbocycles. The maximum absolute atomic E-state index is 13.3. The van der Waals surface area contributed by atoms with E-state index in [1.54, 1.807) is 17.0 Å². The Balaban J connectivity index is 2.14. The summed E-state index contributed by atoms with van der Waals surface area (Å²) in [6.07, 6.45) is 2.08. The first kappa shape index (κ1) is 29.5. The van der Waals surface area contributed by atoms with Gasteiger partial charge in [-0.2, -0.15) is 0 Å². The molecule has 1 heterocycles. The number of rotatable bonds is 11. The zero-order chi connectivity index (χ0) is 28.0. The average molecular weight is 557 g/mol. The number of primary sulfonamides is 1. The SMILES string of the molecule is CCCCOC(=O)c1c(CC(C)C)sc(S(N)(=O)=O)c1-c1cccc(CN(C(C)=O)c2ccc(C)cc2)c1. The normalized spacial score (nSPS) is 11.6. The second-order valence-corrected chi connectivity index (χ2v) is 12.7. The number of ether oxygens (including phenoxy) is 1. The molecule has 0 fully saturated rings. The van der Waals surface area contributed by atoms with Gasteiger partial charge in [0.2, 0.25) is 15.9 Å². The van der Waals surface area contributed by atoms with Gasteiger partial charge in [-0.25, -0.2) is 18.4 Å². The summed E-state index contributed by atoms with van der Waals surface area (Å²) < 4.78 is 30.9. The number of anilines is 1. The number of sulfonamides is 1. The number of carbonyl (C=O) groups excluding carboxylic acids is 2. The van der Waals surface area contributed by atoms with Crippen molar-refractivity contribution in [2.45, 2.75) is 64.6 Å². The van der Waals surface area contributed by atoms with E-state index in [0.29, 0.717) is 23.3 Å². The minimum atomic E-state index is -4.13. The van der Waals surface area contributed by atoms with E-state index in [9.17, 15) is 18.0 Å². The van der Waals surface area contributed by atoms with Crippen LogP contribution in [0.4, 0.5) is 5.69 Å². The van der Waals surface area contributed by atoms with Crippen LogP contribution < -0.4 is 10.0 Å². The number of hydrogen-bond donors (Lipinski definition) is 1. The van der Waals surface area contributed by atoms with Gasteiger partial charge in [-0.3, -0.25) is 4.79 Å². The third kappa shape index (κ3) is 7.30. The maximum atomic E-state index is 13.3. The number of carbonyl (C=O) groups is 2. The predicted octanol–water partition coefficient (Wildman–Crippen LogP) is 6.08. The number of esters is 1. The molecule has 9 heteroatoms. The molecule has 0 spiro atoms. The van der Waals surface area contributed by atoms with Crippen LogP contribution in [0.1, 0.15) is 66.9 Å². The van der Waals surface area contributed by atoms with Gasteiger partial charge in [0.05, 0.1) is 18.7 Å². The molecular weight excluding hydrogens is 520 g/mol. The van der Waals surface area contributed by atoms with Crippen LogP contribution in [0.5, 0.6) is 0 Å². The van der Waals surface area contributed by atoms with Crippen molar-refractivity contribution in [3.63, 3.8) is 0 Å². The Labute approximate surface area is 229 Å². The summed E-state index contributed by atoms with van der Waals surface area (Å²) in [7, 11) is -4.13. The summed E-state index contributed by atoms with van der Waals surface area (Å²) in [5, 5.41) is 5.65. The summed E-state index contributed by atoms with van der Waals surface area (Å²) in [5.74, 6) is -0.493. The molecule has 1 aromatic heterocycles. The second-order valence-electron chi connectivity index (χ2n) is 9.84. The number of thiophene rings is 1. The van der Waals surface area contributed by atoms with E-state index in [2.05, 4.69) is 0 Å². The van der Waals surface area contributed by atoms with Gasteiger partial charge in [0, 0.05) is 23.1 Å². The highest BCUT2D eigenvalue weighted by Gasteiger charge is 2.31. The zero-order valence-electron chi connectivity index (χ0n) is 22.6. The van der Waals surface area contributed by atoms with Gasteiger partial charge >= 0.3 is 5.97 Å². The first-order chi connectivity index (χ1) is 17.9. The van der Waals surface area contributed by atoms with Gasteiger partial charge in [-0.1, -0.05) is 63.1 Å². The molecule has 7 nitrogen and oxygen atoms in total. The van der Waals surface area contributed by atoms with Gasteiger partial charge in [0.25, 0.3) is 0 Å². The van der Waals surface area contributed by atoms with Gasteiger partial charge < -0.3 is 9.64 Å². The minimum Gasteiger partial charge on any atom is -0.462 e. The monoisotopic (exact) mass is 556 g/mol. The van der Waals surface area contributed by atoms with Crippen LogP contribution in [0.2, 0.25) is 0 Å². The van der Waals surface area contributed by atoms with Crippen LogP contribution in [-0.4, -0.2) is 26.9 Å². The highest BCUT2D eigenvalue weighted by Crippen LogP contribution is 2.41. The molecule has 2 N–H and O–H groups in total. The molecule has 0 saturated carbocycles. The van der Waals surface area contributed by atoms with Crippen molar-refractivity contribution in [3.8, 4) is 11.1 Å². The topological polar surface area (TPSA) is 107 Å². The van der Waals surface area contributed by atoms with Crippen molar-refractivity contribution in [1.29, 1.82) is 0 Å². The highest BCUT2D eigenvalue weighted by atomic mass is 32.2. The maximum Gasteiger partial charge on any atom is 0.339 e. The number of nitrogens with two attached hydrogens (primary N) is 1. The van der Waals surface area contributed by atoms with Crippen LogP contribution in [-0.2, 0) is 32.5 Å². The van der Waals surface area contributed by atoms with Gasteiger partial charge in [-0.05, 0) is 55.0 Å². The molecule has 0 aliphatic carbocycles. The number of amides is 1. The van der Waals surface area contributed by atoms with Crippen molar-refractivity contribution in [1.82, 2.24) is 0 Å². The lowest BCUT2D eigenvalue weighted by atomic mass is 9.98. The lowest BCUT2D eigenvalue weighted by Crippen LogP contribution is -2.27. The number of aryl methyl sites for hydroxylation is 1. The third-order valence-corrected chi connectivity index (χ3v) is 8.69. The van der Waals surface area contributed by atoms with E-state index in [1.807, 2.05) is 64.1 Å². The van der Waals surface area contributed by atoms with Crippen molar-refractivity contribution in [3.05, 3.63) is 70.1 Å². The van der Waals surface area contributed by atoms with Crippen molar-refractivity contribution in [2.24, 2.45) is 11.1 Å². The molecule has 0 bridgehead atoms. The molecule has 0 radical (unpaired) electrons. The van der Waals surface area contributed by atoms with Gasteiger partial charge in [0.15, 0.2) is 0 Å².